The first-order chi connectivity index (χ1) is 12.2. The number of nitrogens with zero attached hydrogens (tertiary/aromatic N) is 2. The Balaban J connectivity index is 1.67. The number of rotatable bonds is 7. The molecule has 0 saturated heterocycles. The van der Waals surface area contributed by atoms with Crippen LogP contribution in [0, 0.1) is 5.82 Å². The van der Waals surface area contributed by atoms with Crippen LogP contribution < -0.4 is 5.32 Å². The Kier molecular flexibility index (Phi) is 5.83. The minimum atomic E-state index is -0.299. The normalized spacial score (nSPS) is 12.1. The summed E-state index contributed by atoms with van der Waals surface area (Å²) in [5.74, 6) is 0.581. The van der Waals surface area contributed by atoms with Gasteiger partial charge in [-0.15, -0.1) is 16.4 Å². The maximum atomic E-state index is 13.2. The smallest absolute Gasteiger partial charge is 0.231 e. The largest absolute Gasteiger partial charge is 0.344 e. The number of hydrogen-bond acceptors (Lipinski definition) is 5. The quantitative estimate of drug-likeness (QED) is 0.619. The fourth-order valence-electron chi connectivity index (χ4n) is 2.26. The second kappa shape index (κ2) is 8.26. The predicted molar refractivity (Wildman–Crippen MR) is 97.2 cm³/mol. The van der Waals surface area contributed by atoms with Crippen molar-refractivity contribution in [2.45, 2.75) is 24.5 Å². The fraction of sp³-hybridized carbons (Fsp3) is 0.235. The summed E-state index contributed by atoms with van der Waals surface area (Å²) in [7, 11) is 0. The molecule has 0 aliphatic carbocycles. The standard InChI is InChI=1S/C17H17FN4OS2/c1-2-14-19-17(22-21-14)25-10-15(23)20-16(13-4-3-9-24-13)11-5-7-12(18)8-6-11/h3-9,16H,2,10H2,1H3,(H,20,23)(H,19,21,22). The summed E-state index contributed by atoms with van der Waals surface area (Å²) < 4.78 is 13.2. The van der Waals surface area contributed by atoms with Crippen LogP contribution in [0.3, 0.4) is 0 Å². The first-order valence-corrected chi connectivity index (χ1v) is 9.64. The van der Waals surface area contributed by atoms with Gasteiger partial charge in [-0.2, -0.15) is 0 Å². The van der Waals surface area contributed by atoms with E-state index in [1.165, 1.54) is 23.9 Å². The number of halogens is 1. The first kappa shape index (κ1) is 17.6. The van der Waals surface area contributed by atoms with E-state index in [9.17, 15) is 9.18 Å². The van der Waals surface area contributed by atoms with E-state index in [4.69, 9.17) is 0 Å². The predicted octanol–water partition coefficient (Wildman–Crippen LogP) is 3.57. The molecule has 2 N–H and O–H groups in total. The van der Waals surface area contributed by atoms with Gasteiger partial charge in [-0.3, -0.25) is 9.89 Å². The van der Waals surface area contributed by atoms with Gasteiger partial charge < -0.3 is 5.32 Å². The molecule has 130 valence electrons. The van der Waals surface area contributed by atoms with E-state index in [-0.39, 0.29) is 23.5 Å². The number of thiophene rings is 1. The summed E-state index contributed by atoms with van der Waals surface area (Å²) in [6.07, 6.45) is 0.769. The summed E-state index contributed by atoms with van der Waals surface area (Å²) >= 11 is 2.83. The lowest BCUT2D eigenvalue weighted by atomic mass is 10.1. The molecule has 1 amide bonds. The van der Waals surface area contributed by atoms with Crippen LogP contribution in [0.1, 0.15) is 29.2 Å². The number of H-pyrrole nitrogens is 1. The summed E-state index contributed by atoms with van der Waals surface area (Å²) in [6, 6.07) is 9.76. The highest BCUT2D eigenvalue weighted by molar-refractivity contribution is 7.99. The Bertz CT molecular complexity index is 818. The van der Waals surface area contributed by atoms with Gasteiger partial charge in [-0.05, 0) is 29.1 Å². The number of aromatic amines is 1. The minimum absolute atomic E-state index is 0.129. The minimum Gasteiger partial charge on any atom is -0.344 e. The summed E-state index contributed by atoms with van der Waals surface area (Å²) in [5.41, 5.74) is 0.841. The van der Waals surface area contributed by atoms with Crippen molar-refractivity contribution in [2.24, 2.45) is 0 Å². The molecule has 3 rings (SSSR count). The molecule has 3 aromatic rings. The van der Waals surface area contributed by atoms with Crippen molar-refractivity contribution in [2.75, 3.05) is 5.75 Å². The molecule has 0 bridgehead atoms. The van der Waals surface area contributed by atoms with Crippen LogP contribution in [0.5, 0.6) is 0 Å². The molecule has 5 nitrogen and oxygen atoms in total. The van der Waals surface area contributed by atoms with Crippen LogP contribution in [0.4, 0.5) is 4.39 Å². The molecule has 25 heavy (non-hydrogen) atoms. The zero-order valence-corrected chi connectivity index (χ0v) is 15.2. The molecule has 0 saturated carbocycles. The number of amides is 1. The van der Waals surface area contributed by atoms with Gasteiger partial charge in [0.15, 0.2) is 0 Å². The SMILES string of the molecule is CCc1nc(SCC(=O)NC(c2ccc(F)cc2)c2cccs2)n[nH]1. The lowest BCUT2D eigenvalue weighted by Crippen LogP contribution is -2.30. The topological polar surface area (TPSA) is 70.7 Å². The van der Waals surface area contributed by atoms with E-state index in [2.05, 4.69) is 20.5 Å². The number of aryl methyl sites for hydroxylation is 1. The fourth-order valence-corrected chi connectivity index (χ4v) is 3.69. The molecule has 0 radical (unpaired) electrons. The maximum Gasteiger partial charge on any atom is 0.231 e. The Hall–Kier alpha value is -2.19. The molecule has 0 spiro atoms. The molecule has 0 aliphatic rings. The zero-order valence-electron chi connectivity index (χ0n) is 13.5. The third-order valence-electron chi connectivity index (χ3n) is 3.51. The Morgan fingerprint density at radius 2 is 2.16 bits per heavy atom. The van der Waals surface area contributed by atoms with Gasteiger partial charge in [0.25, 0.3) is 0 Å². The van der Waals surface area contributed by atoms with Crippen LogP contribution in [-0.4, -0.2) is 26.8 Å². The second-order valence-corrected chi connectivity index (χ2v) is 7.20. The van der Waals surface area contributed by atoms with Gasteiger partial charge in [0.1, 0.15) is 11.6 Å². The Morgan fingerprint density at radius 3 is 2.80 bits per heavy atom. The molecule has 2 aromatic heterocycles. The van der Waals surface area contributed by atoms with Crippen LogP contribution in [0.25, 0.3) is 0 Å². The highest BCUT2D eigenvalue weighted by atomic mass is 32.2. The van der Waals surface area contributed by atoms with E-state index in [0.717, 1.165) is 22.7 Å². The monoisotopic (exact) mass is 376 g/mol. The molecule has 1 aromatic carbocycles. The van der Waals surface area contributed by atoms with Crippen LogP contribution in [-0.2, 0) is 11.2 Å². The average molecular weight is 376 g/mol. The van der Waals surface area contributed by atoms with Gasteiger partial charge in [-0.1, -0.05) is 36.9 Å². The van der Waals surface area contributed by atoms with Crippen LogP contribution in [0.15, 0.2) is 46.9 Å². The summed E-state index contributed by atoms with van der Waals surface area (Å²) in [6.45, 7) is 1.98. The third-order valence-corrected chi connectivity index (χ3v) is 5.30. The van der Waals surface area contributed by atoms with Crippen molar-refractivity contribution in [3.8, 4) is 0 Å². The molecular formula is C17H17FN4OS2. The number of hydrogen-bond donors (Lipinski definition) is 2. The van der Waals surface area contributed by atoms with Gasteiger partial charge in [0, 0.05) is 11.3 Å². The van der Waals surface area contributed by atoms with Gasteiger partial charge >= 0.3 is 0 Å². The van der Waals surface area contributed by atoms with Crippen molar-refractivity contribution in [3.63, 3.8) is 0 Å². The van der Waals surface area contributed by atoms with Gasteiger partial charge in [-0.25, -0.2) is 9.37 Å². The lowest BCUT2D eigenvalue weighted by Gasteiger charge is -2.18. The first-order valence-electron chi connectivity index (χ1n) is 7.78. The molecule has 2 heterocycles. The molecule has 1 unspecified atom stereocenters. The summed E-state index contributed by atoms with van der Waals surface area (Å²) in [5, 5.41) is 12.4. The van der Waals surface area contributed by atoms with Crippen LogP contribution >= 0.6 is 23.1 Å². The zero-order chi connectivity index (χ0) is 17.6. The number of carbonyl (C=O) groups is 1. The van der Waals surface area contributed by atoms with Gasteiger partial charge in [0.05, 0.1) is 11.8 Å². The van der Waals surface area contributed by atoms with Gasteiger partial charge in [0.2, 0.25) is 11.1 Å². The number of nitrogens with one attached hydrogen (secondary N) is 2. The van der Waals surface area contributed by atoms with E-state index in [1.54, 1.807) is 23.5 Å². The van der Waals surface area contributed by atoms with Crippen molar-refractivity contribution in [3.05, 3.63) is 63.9 Å². The molecule has 0 aliphatic heterocycles. The Labute approximate surface area is 153 Å². The van der Waals surface area contributed by atoms with E-state index < -0.39 is 0 Å². The number of aromatic nitrogens is 3. The third kappa shape index (κ3) is 4.67. The molecular weight excluding hydrogens is 359 g/mol. The van der Waals surface area contributed by atoms with E-state index in [1.807, 2.05) is 24.4 Å². The summed E-state index contributed by atoms with van der Waals surface area (Å²) in [4.78, 5) is 17.6. The second-order valence-electron chi connectivity index (χ2n) is 5.27. The maximum absolute atomic E-state index is 13.2. The highest BCUT2D eigenvalue weighted by Crippen LogP contribution is 2.26. The number of benzene rings is 1. The Morgan fingerprint density at radius 1 is 1.36 bits per heavy atom. The van der Waals surface area contributed by atoms with E-state index in [0.29, 0.717) is 5.16 Å². The van der Waals surface area contributed by atoms with Crippen LogP contribution in [0.2, 0.25) is 0 Å². The number of carbonyl (C=O) groups excluding carboxylic acids is 1. The van der Waals surface area contributed by atoms with Crippen molar-refractivity contribution in [1.82, 2.24) is 20.5 Å². The molecule has 1 atom stereocenters. The van der Waals surface area contributed by atoms with Crippen molar-refractivity contribution >= 4 is 29.0 Å². The highest BCUT2D eigenvalue weighted by Gasteiger charge is 2.18. The molecule has 0 fully saturated rings. The van der Waals surface area contributed by atoms with Crippen molar-refractivity contribution < 1.29 is 9.18 Å². The molecule has 8 heteroatoms. The van der Waals surface area contributed by atoms with Crippen molar-refractivity contribution in [1.29, 1.82) is 0 Å². The number of thioether (sulfide) groups is 1. The lowest BCUT2D eigenvalue weighted by molar-refractivity contribution is -0.119. The van der Waals surface area contributed by atoms with E-state index >= 15 is 0 Å². The average Bonchev–Trinajstić information content (AvgIpc) is 3.30.